The van der Waals surface area contributed by atoms with E-state index in [1.165, 1.54) is 24.1 Å². The second-order valence-electron chi connectivity index (χ2n) is 6.30. The molecule has 1 N–H and O–H groups in total. The Labute approximate surface area is 187 Å². The molecule has 2 aromatic carbocycles. The molecule has 4 rings (SSSR count). The van der Waals surface area contributed by atoms with Crippen LogP contribution in [0.4, 0.5) is 10.3 Å². The Bertz CT molecular complexity index is 1120. The quantitative estimate of drug-likeness (QED) is 0.254. The molecule has 0 fully saturated rings. The van der Waals surface area contributed by atoms with E-state index >= 15 is 0 Å². The van der Waals surface area contributed by atoms with Crippen molar-refractivity contribution >= 4 is 40.8 Å². The smallest absolute Gasteiger partial charge is 0.239 e. The molecule has 0 aliphatic carbocycles. The minimum atomic E-state index is -0.228. The van der Waals surface area contributed by atoms with Gasteiger partial charge in [0.2, 0.25) is 5.95 Å². The highest BCUT2D eigenvalue weighted by Gasteiger charge is 2.19. The second-order valence-corrected chi connectivity index (χ2v) is 8.59. The summed E-state index contributed by atoms with van der Waals surface area (Å²) < 4.78 is 23.8. The number of aromatic nitrogens is 3. The van der Waals surface area contributed by atoms with Gasteiger partial charge in [0.15, 0.2) is 5.82 Å². The lowest BCUT2D eigenvalue weighted by molar-refractivity contribution is 0.413. The summed E-state index contributed by atoms with van der Waals surface area (Å²) in [5, 5.41) is 11.3. The van der Waals surface area contributed by atoms with Crippen molar-refractivity contribution in [2.24, 2.45) is 0 Å². The van der Waals surface area contributed by atoms with Crippen LogP contribution in [-0.2, 0) is 6.42 Å². The van der Waals surface area contributed by atoms with Gasteiger partial charge in [-0.15, -0.1) is 21.5 Å². The molecule has 0 amide bonds. The number of nitrogens with zero attached hydrogens (tertiary/aromatic N) is 3. The monoisotopic (exact) mass is 460 g/mol. The summed E-state index contributed by atoms with van der Waals surface area (Å²) in [5.74, 6) is 2.49. The molecule has 0 aliphatic rings. The molecule has 0 aliphatic heterocycles. The van der Waals surface area contributed by atoms with Gasteiger partial charge in [0.05, 0.1) is 17.7 Å². The third-order valence-electron chi connectivity index (χ3n) is 4.36. The number of hydrogen-bond acceptors (Lipinski definition) is 6. The van der Waals surface area contributed by atoms with Crippen LogP contribution in [0.3, 0.4) is 0 Å². The Morgan fingerprint density at radius 3 is 2.73 bits per heavy atom. The van der Waals surface area contributed by atoms with Gasteiger partial charge in [0, 0.05) is 10.8 Å². The van der Waals surface area contributed by atoms with Gasteiger partial charge in [0.25, 0.3) is 0 Å². The van der Waals surface area contributed by atoms with Crippen molar-refractivity contribution in [2.45, 2.75) is 6.42 Å². The van der Waals surface area contributed by atoms with Gasteiger partial charge in [-0.2, -0.15) is 0 Å². The van der Waals surface area contributed by atoms with E-state index in [0.29, 0.717) is 22.5 Å². The predicted octanol–water partition coefficient (Wildman–Crippen LogP) is 6.10. The molecule has 0 spiro atoms. The van der Waals surface area contributed by atoms with Crippen LogP contribution in [0.25, 0.3) is 16.4 Å². The Morgan fingerprint density at radius 2 is 2.00 bits per heavy atom. The summed E-state index contributed by atoms with van der Waals surface area (Å²) in [6.45, 7) is 0. The number of ether oxygens (including phenoxy) is 1. The summed E-state index contributed by atoms with van der Waals surface area (Å²) in [5.41, 5.74) is 1.82. The topological polar surface area (TPSA) is 52.0 Å². The maximum absolute atomic E-state index is 13.1. The van der Waals surface area contributed by atoms with Crippen LogP contribution in [0.5, 0.6) is 5.75 Å². The largest absolute Gasteiger partial charge is 0.495 e. The fourth-order valence-corrected chi connectivity index (χ4v) is 4.48. The minimum Gasteiger partial charge on any atom is -0.495 e. The molecule has 0 atom stereocenters. The maximum Gasteiger partial charge on any atom is 0.239 e. The van der Waals surface area contributed by atoms with Crippen molar-refractivity contribution in [3.8, 4) is 22.1 Å². The van der Waals surface area contributed by atoms with E-state index in [4.69, 9.17) is 16.3 Å². The van der Waals surface area contributed by atoms with Gasteiger partial charge < -0.3 is 4.74 Å². The van der Waals surface area contributed by atoms with E-state index in [-0.39, 0.29) is 5.82 Å². The summed E-state index contributed by atoms with van der Waals surface area (Å²) in [7, 11) is 1.62. The van der Waals surface area contributed by atoms with Crippen LogP contribution >= 0.6 is 34.9 Å². The number of thiophene rings is 1. The molecular weight excluding hydrogens is 443 g/mol. The van der Waals surface area contributed by atoms with Crippen molar-refractivity contribution in [3.05, 3.63) is 76.4 Å². The number of halogens is 2. The lowest BCUT2D eigenvalue weighted by Gasteiger charge is -2.14. The van der Waals surface area contributed by atoms with Crippen LogP contribution in [0.2, 0.25) is 5.02 Å². The van der Waals surface area contributed by atoms with Crippen molar-refractivity contribution < 1.29 is 9.13 Å². The first-order valence-electron chi connectivity index (χ1n) is 9.11. The first-order chi connectivity index (χ1) is 14.7. The van der Waals surface area contributed by atoms with Gasteiger partial charge in [-0.05, 0) is 65.7 Å². The molecule has 2 aromatic heterocycles. The highest BCUT2D eigenvalue weighted by atomic mass is 35.5. The van der Waals surface area contributed by atoms with Gasteiger partial charge in [-0.3, -0.25) is 9.29 Å². The Kier molecular flexibility index (Phi) is 6.56. The molecule has 2 heterocycles. The first-order valence-corrected chi connectivity index (χ1v) is 11.4. The van der Waals surface area contributed by atoms with E-state index in [1.807, 2.05) is 34.2 Å². The van der Waals surface area contributed by atoms with Crippen molar-refractivity contribution in [1.82, 2.24) is 14.8 Å². The Hall–Kier alpha value is -2.55. The number of aryl methyl sites for hydroxylation is 1. The molecule has 0 unspecified atom stereocenters. The van der Waals surface area contributed by atoms with Gasteiger partial charge in [-0.1, -0.05) is 29.8 Å². The molecule has 0 saturated carbocycles. The Morgan fingerprint density at radius 1 is 1.17 bits per heavy atom. The van der Waals surface area contributed by atoms with Crippen molar-refractivity contribution in [3.63, 3.8) is 0 Å². The second kappa shape index (κ2) is 9.51. The normalized spacial score (nSPS) is 10.9. The van der Waals surface area contributed by atoms with Crippen LogP contribution in [0.1, 0.15) is 5.56 Å². The zero-order valence-corrected chi connectivity index (χ0v) is 18.4. The number of anilines is 1. The third kappa shape index (κ3) is 4.61. The SMILES string of the molecule is COc1ccc(Cl)cc1-n1c(NSCCc2ccc(F)cc2)nnc1-c1cccs1. The van der Waals surface area contributed by atoms with E-state index < -0.39 is 0 Å². The predicted molar refractivity (Wildman–Crippen MR) is 122 cm³/mol. The standard InChI is InChI=1S/C21H18ClFN4OS2/c1-28-18-9-6-15(22)13-17(18)27-20(19-3-2-11-29-19)24-25-21(27)26-30-12-10-14-4-7-16(23)8-5-14/h2-9,11,13H,10,12H2,1H3,(H,25,26). The third-order valence-corrected chi connectivity index (χ3v) is 6.19. The zero-order valence-electron chi connectivity index (χ0n) is 16.0. The van der Waals surface area contributed by atoms with Gasteiger partial charge >= 0.3 is 0 Å². The average Bonchev–Trinajstić information content (AvgIpc) is 3.42. The van der Waals surface area contributed by atoms with Crippen LogP contribution in [0.15, 0.2) is 60.0 Å². The number of hydrogen-bond donors (Lipinski definition) is 1. The van der Waals surface area contributed by atoms with Gasteiger partial charge in [-0.25, -0.2) is 4.39 Å². The van der Waals surface area contributed by atoms with E-state index in [9.17, 15) is 4.39 Å². The number of methoxy groups -OCH3 is 1. The highest BCUT2D eigenvalue weighted by Crippen LogP contribution is 2.34. The van der Waals surface area contributed by atoms with Crippen molar-refractivity contribution in [1.29, 1.82) is 0 Å². The molecule has 154 valence electrons. The summed E-state index contributed by atoms with van der Waals surface area (Å²) >= 11 is 9.35. The number of nitrogens with one attached hydrogen (secondary N) is 1. The average molecular weight is 461 g/mol. The Balaban J connectivity index is 1.59. The highest BCUT2D eigenvalue weighted by molar-refractivity contribution is 8.00. The summed E-state index contributed by atoms with van der Waals surface area (Å²) in [6.07, 6.45) is 0.796. The minimum absolute atomic E-state index is 0.228. The van der Waals surface area contributed by atoms with Crippen LogP contribution in [0, 0.1) is 5.82 Å². The fraction of sp³-hybridized carbons (Fsp3) is 0.143. The molecule has 4 aromatic rings. The van der Waals surface area contributed by atoms with Crippen molar-refractivity contribution in [2.75, 3.05) is 17.6 Å². The maximum atomic E-state index is 13.1. The molecule has 5 nitrogen and oxygen atoms in total. The van der Waals surface area contributed by atoms with E-state index in [2.05, 4.69) is 14.9 Å². The van der Waals surface area contributed by atoms with Crippen LogP contribution in [-0.4, -0.2) is 27.6 Å². The molecule has 0 bridgehead atoms. The molecule has 0 saturated heterocycles. The van der Waals surface area contributed by atoms with E-state index in [1.54, 1.807) is 36.6 Å². The first kappa shape index (κ1) is 20.7. The molecule has 9 heteroatoms. The zero-order chi connectivity index (χ0) is 20.9. The summed E-state index contributed by atoms with van der Waals surface area (Å²) in [6, 6.07) is 15.9. The number of rotatable bonds is 8. The number of benzene rings is 2. The fourth-order valence-electron chi connectivity index (χ4n) is 2.92. The lowest BCUT2D eigenvalue weighted by atomic mass is 10.2. The molecule has 0 radical (unpaired) electrons. The summed E-state index contributed by atoms with van der Waals surface area (Å²) in [4.78, 5) is 0.980. The lowest BCUT2D eigenvalue weighted by Crippen LogP contribution is -2.05. The van der Waals surface area contributed by atoms with Gasteiger partial charge in [0.1, 0.15) is 11.6 Å². The molecular formula is C21H18ClFN4OS2. The molecule has 30 heavy (non-hydrogen) atoms. The van der Waals surface area contributed by atoms with E-state index in [0.717, 1.165) is 28.3 Å². The van der Waals surface area contributed by atoms with Crippen LogP contribution < -0.4 is 9.46 Å².